The molecule has 0 bridgehead atoms. The zero-order chi connectivity index (χ0) is 24.8. The molecule has 0 saturated carbocycles. The fourth-order valence-corrected chi connectivity index (χ4v) is 3.67. The van der Waals surface area contributed by atoms with Crippen molar-refractivity contribution in [2.75, 3.05) is 7.11 Å². The number of halogens is 1. The first kappa shape index (κ1) is 23.7. The van der Waals surface area contributed by atoms with E-state index in [0.29, 0.717) is 11.1 Å². The van der Waals surface area contributed by atoms with E-state index >= 15 is 0 Å². The average molecular weight is 474 g/mol. The van der Waals surface area contributed by atoms with Crippen LogP contribution in [0.2, 0.25) is 0 Å². The van der Waals surface area contributed by atoms with E-state index in [9.17, 15) is 18.8 Å². The van der Waals surface area contributed by atoms with Gasteiger partial charge in [0.15, 0.2) is 0 Å². The van der Waals surface area contributed by atoms with Crippen molar-refractivity contribution in [3.8, 4) is 0 Å². The number of methoxy groups -OCH3 is 1. The minimum absolute atomic E-state index is 0.0446. The number of para-hydroxylation sites is 1. The maximum Gasteiger partial charge on any atom is 0.337 e. The standard InChI is InChI=1S/C27H23FN2O5/c1-34-26(32)19-8-6-17(7-9-19)16-35-27(33)24(30-25(31)18-10-12-21(28)13-11-18)14-20-15-29-23-5-3-2-4-22(20)23/h2-13,15,24,29H,14,16H2,1H3,(H,30,31). The number of carbonyl (C=O) groups is 3. The van der Waals surface area contributed by atoms with Crippen LogP contribution in [0.3, 0.4) is 0 Å². The van der Waals surface area contributed by atoms with E-state index in [2.05, 4.69) is 15.0 Å². The number of benzene rings is 3. The number of fused-ring (bicyclic) bond motifs is 1. The van der Waals surface area contributed by atoms with Gasteiger partial charge in [-0.1, -0.05) is 30.3 Å². The number of hydrogen-bond acceptors (Lipinski definition) is 5. The monoisotopic (exact) mass is 474 g/mol. The Bertz CT molecular complexity index is 1350. The zero-order valence-electron chi connectivity index (χ0n) is 18.9. The number of nitrogens with one attached hydrogen (secondary N) is 2. The summed E-state index contributed by atoms with van der Waals surface area (Å²) in [6, 6.07) is 18.2. The van der Waals surface area contributed by atoms with Crippen molar-refractivity contribution in [1.82, 2.24) is 10.3 Å². The summed E-state index contributed by atoms with van der Waals surface area (Å²) >= 11 is 0. The molecule has 1 heterocycles. The van der Waals surface area contributed by atoms with Gasteiger partial charge in [-0.15, -0.1) is 0 Å². The molecule has 1 aromatic heterocycles. The molecule has 8 heteroatoms. The summed E-state index contributed by atoms with van der Waals surface area (Å²) in [4.78, 5) is 40.6. The van der Waals surface area contributed by atoms with Crippen molar-refractivity contribution in [3.63, 3.8) is 0 Å². The molecule has 0 aliphatic carbocycles. The highest BCUT2D eigenvalue weighted by Gasteiger charge is 2.25. The van der Waals surface area contributed by atoms with Crippen molar-refractivity contribution in [1.29, 1.82) is 0 Å². The van der Waals surface area contributed by atoms with Crippen LogP contribution >= 0.6 is 0 Å². The Morgan fingerprint density at radius 3 is 2.34 bits per heavy atom. The van der Waals surface area contributed by atoms with Gasteiger partial charge in [0, 0.05) is 29.1 Å². The molecule has 35 heavy (non-hydrogen) atoms. The highest BCUT2D eigenvalue weighted by atomic mass is 19.1. The van der Waals surface area contributed by atoms with Crippen molar-refractivity contribution >= 4 is 28.7 Å². The molecule has 0 radical (unpaired) electrons. The van der Waals surface area contributed by atoms with E-state index in [1.165, 1.54) is 31.4 Å². The van der Waals surface area contributed by atoms with E-state index in [1.54, 1.807) is 30.5 Å². The van der Waals surface area contributed by atoms with Crippen molar-refractivity contribution in [3.05, 3.63) is 107 Å². The van der Waals surface area contributed by atoms with Crippen LogP contribution in [-0.2, 0) is 27.3 Å². The third kappa shape index (κ3) is 5.73. The summed E-state index contributed by atoms with van der Waals surface area (Å²) < 4.78 is 23.4. The van der Waals surface area contributed by atoms with E-state index in [-0.39, 0.29) is 18.6 Å². The fraction of sp³-hybridized carbons (Fsp3) is 0.148. The van der Waals surface area contributed by atoms with E-state index in [4.69, 9.17) is 4.74 Å². The Labute approximate surface area is 200 Å². The normalized spacial score (nSPS) is 11.6. The van der Waals surface area contributed by atoms with Crippen LogP contribution in [0, 0.1) is 5.82 Å². The molecular weight excluding hydrogens is 451 g/mol. The van der Waals surface area contributed by atoms with E-state index in [0.717, 1.165) is 16.5 Å². The molecule has 3 aromatic carbocycles. The van der Waals surface area contributed by atoms with Gasteiger partial charge in [0.1, 0.15) is 18.5 Å². The average Bonchev–Trinajstić information content (AvgIpc) is 3.29. The zero-order valence-corrected chi connectivity index (χ0v) is 18.9. The maximum atomic E-state index is 13.3. The largest absolute Gasteiger partial charge is 0.465 e. The second-order valence-corrected chi connectivity index (χ2v) is 7.89. The Hall–Kier alpha value is -4.46. The first-order chi connectivity index (χ1) is 16.9. The Balaban J connectivity index is 1.50. The molecule has 7 nitrogen and oxygen atoms in total. The quantitative estimate of drug-likeness (QED) is 0.374. The van der Waals surface area contributed by atoms with Crippen LogP contribution in [0.1, 0.15) is 31.8 Å². The summed E-state index contributed by atoms with van der Waals surface area (Å²) in [5.74, 6) is -2.07. The van der Waals surface area contributed by atoms with Gasteiger partial charge >= 0.3 is 11.9 Å². The van der Waals surface area contributed by atoms with Crippen molar-refractivity contribution in [2.45, 2.75) is 19.1 Å². The summed E-state index contributed by atoms with van der Waals surface area (Å²) in [7, 11) is 1.30. The van der Waals surface area contributed by atoms with Gasteiger partial charge in [0.2, 0.25) is 0 Å². The Morgan fingerprint density at radius 2 is 1.63 bits per heavy atom. The summed E-state index contributed by atoms with van der Waals surface area (Å²) in [6.45, 7) is -0.0446. The number of aromatic amines is 1. The molecule has 2 N–H and O–H groups in total. The first-order valence-electron chi connectivity index (χ1n) is 10.9. The van der Waals surface area contributed by atoms with Gasteiger partial charge in [-0.2, -0.15) is 0 Å². The molecule has 0 spiro atoms. The molecular formula is C27H23FN2O5. The molecule has 0 aliphatic heterocycles. The minimum atomic E-state index is -0.985. The van der Waals surface area contributed by atoms with Crippen molar-refractivity contribution < 1.29 is 28.2 Å². The molecule has 1 unspecified atom stereocenters. The highest BCUT2D eigenvalue weighted by molar-refractivity contribution is 5.97. The third-order valence-corrected chi connectivity index (χ3v) is 5.55. The topological polar surface area (TPSA) is 97.5 Å². The lowest BCUT2D eigenvalue weighted by molar-refractivity contribution is -0.147. The van der Waals surface area contributed by atoms with E-state index < -0.39 is 29.7 Å². The molecule has 1 atom stereocenters. The number of ether oxygens (including phenoxy) is 2. The summed E-state index contributed by atoms with van der Waals surface area (Å²) in [5.41, 5.74) is 3.02. The van der Waals surface area contributed by atoms with Gasteiger partial charge in [-0.3, -0.25) is 4.79 Å². The predicted octanol–water partition coefficient (Wildman–Crippen LogP) is 4.18. The lowest BCUT2D eigenvalue weighted by atomic mass is 10.0. The second-order valence-electron chi connectivity index (χ2n) is 7.89. The number of aromatic nitrogens is 1. The number of amides is 1. The van der Waals surface area contributed by atoms with Crippen LogP contribution in [0.15, 0.2) is 79.0 Å². The van der Waals surface area contributed by atoms with Crippen LogP contribution in [0.4, 0.5) is 4.39 Å². The molecule has 1 amide bonds. The van der Waals surface area contributed by atoms with Crippen LogP contribution in [-0.4, -0.2) is 36.0 Å². The molecule has 4 rings (SSSR count). The Kier molecular flexibility index (Phi) is 7.21. The molecule has 0 saturated heterocycles. The number of H-pyrrole nitrogens is 1. The number of carbonyl (C=O) groups excluding carboxylic acids is 3. The number of rotatable bonds is 8. The molecule has 4 aromatic rings. The van der Waals surface area contributed by atoms with Gasteiger partial charge in [0.05, 0.1) is 12.7 Å². The smallest absolute Gasteiger partial charge is 0.337 e. The van der Waals surface area contributed by atoms with Gasteiger partial charge in [-0.25, -0.2) is 14.0 Å². The van der Waals surface area contributed by atoms with Crippen LogP contribution in [0.25, 0.3) is 10.9 Å². The first-order valence-corrected chi connectivity index (χ1v) is 10.9. The van der Waals surface area contributed by atoms with Crippen LogP contribution < -0.4 is 5.32 Å². The van der Waals surface area contributed by atoms with Gasteiger partial charge in [-0.05, 0) is 53.6 Å². The third-order valence-electron chi connectivity index (χ3n) is 5.55. The summed E-state index contributed by atoms with van der Waals surface area (Å²) in [6.07, 6.45) is 1.98. The maximum absolute atomic E-state index is 13.3. The minimum Gasteiger partial charge on any atom is -0.465 e. The van der Waals surface area contributed by atoms with Crippen LogP contribution in [0.5, 0.6) is 0 Å². The lowest BCUT2D eigenvalue weighted by Crippen LogP contribution is -2.43. The second kappa shape index (κ2) is 10.6. The predicted molar refractivity (Wildman–Crippen MR) is 127 cm³/mol. The molecule has 178 valence electrons. The molecule has 0 aliphatic rings. The summed E-state index contributed by atoms with van der Waals surface area (Å²) in [5, 5.41) is 3.64. The van der Waals surface area contributed by atoms with E-state index in [1.807, 2.05) is 24.3 Å². The fourth-order valence-electron chi connectivity index (χ4n) is 3.67. The Morgan fingerprint density at radius 1 is 0.943 bits per heavy atom. The number of hydrogen-bond donors (Lipinski definition) is 2. The SMILES string of the molecule is COC(=O)c1ccc(COC(=O)C(Cc2c[nH]c3ccccc23)NC(=O)c2ccc(F)cc2)cc1. The molecule has 0 fully saturated rings. The highest BCUT2D eigenvalue weighted by Crippen LogP contribution is 2.20. The number of esters is 2. The lowest BCUT2D eigenvalue weighted by Gasteiger charge is -2.18. The van der Waals surface area contributed by atoms with Gasteiger partial charge < -0.3 is 19.8 Å². The van der Waals surface area contributed by atoms with Crippen molar-refractivity contribution in [2.24, 2.45) is 0 Å². The van der Waals surface area contributed by atoms with Gasteiger partial charge in [0.25, 0.3) is 5.91 Å².